The Morgan fingerprint density at radius 3 is 2.54 bits per heavy atom. The van der Waals surface area contributed by atoms with Crippen molar-refractivity contribution < 1.29 is 14.6 Å². The highest BCUT2D eigenvalue weighted by Gasteiger charge is 2.24. The molecule has 1 saturated heterocycles. The first-order valence-corrected chi connectivity index (χ1v) is 10.6. The summed E-state index contributed by atoms with van der Waals surface area (Å²) in [5, 5.41) is 11.6. The van der Waals surface area contributed by atoms with Crippen LogP contribution in [-0.4, -0.2) is 54.4 Å². The van der Waals surface area contributed by atoms with Crippen molar-refractivity contribution in [1.29, 1.82) is 0 Å². The molecule has 0 spiro atoms. The van der Waals surface area contributed by atoms with E-state index in [4.69, 9.17) is 14.5 Å². The quantitative estimate of drug-likeness (QED) is 0.654. The second-order valence-corrected chi connectivity index (χ2v) is 8.30. The molecule has 5 nitrogen and oxygen atoms in total. The molecule has 0 saturated carbocycles. The van der Waals surface area contributed by atoms with Gasteiger partial charge in [-0.15, -0.1) is 11.3 Å². The molecule has 1 unspecified atom stereocenters. The van der Waals surface area contributed by atoms with Crippen molar-refractivity contribution in [3.05, 3.63) is 53.5 Å². The van der Waals surface area contributed by atoms with Crippen molar-refractivity contribution in [2.75, 3.05) is 33.4 Å². The number of ether oxygens (including phenoxy) is 2. The molecule has 4 rings (SSSR count). The average Bonchev–Trinajstić information content (AvgIpc) is 3.17. The molecular weight excluding hydrogens is 372 g/mol. The van der Waals surface area contributed by atoms with E-state index in [0.717, 1.165) is 42.9 Å². The zero-order valence-electron chi connectivity index (χ0n) is 16.1. The fourth-order valence-electron chi connectivity index (χ4n) is 3.64. The van der Waals surface area contributed by atoms with Crippen molar-refractivity contribution in [3.63, 3.8) is 0 Å². The summed E-state index contributed by atoms with van der Waals surface area (Å²) in [6, 6.07) is 15.8. The Kier molecular flexibility index (Phi) is 6.10. The van der Waals surface area contributed by atoms with Gasteiger partial charge in [0.15, 0.2) is 0 Å². The number of hydrogen-bond donors (Lipinski definition) is 1. The lowest BCUT2D eigenvalue weighted by Gasteiger charge is -2.32. The van der Waals surface area contributed by atoms with Gasteiger partial charge in [-0.1, -0.05) is 12.1 Å². The Morgan fingerprint density at radius 1 is 1.11 bits per heavy atom. The Labute approximate surface area is 169 Å². The summed E-state index contributed by atoms with van der Waals surface area (Å²) in [6.07, 6.45) is 1.68. The van der Waals surface area contributed by atoms with Crippen LogP contribution in [0.15, 0.2) is 48.5 Å². The fraction of sp³-hybridized carbons (Fsp3) is 0.409. The highest BCUT2D eigenvalue weighted by molar-refractivity contribution is 7.18. The Balaban J connectivity index is 1.23. The first-order chi connectivity index (χ1) is 13.7. The number of likely N-dealkylation sites (tertiary alicyclic amines) is 1. The van der Waals surface area contributed by atoms with Crippen molar-refractivity contribution >= 4 is 21.6 Å². The minimum absolute atomic E-state index is 0.296. The molecule has 1 aliphatic rings. The van der Waals surface area contributed by atoms with Gasteiger partial charge in [0.05, 0.1) is 22.3 Å². The van der Waals surface area contributed by atoms with Crippen LogP contribution in [0, 0.1) is 0 Å². The van der Waals surface area contributed by atoms with Crippen LogP contribution in [0.25, 0.3) is 10.2 Å². The number of para-hydroxylation sites is 1. The number of aliphatic hydroxyl groups excluding tert-OH is 1. The minimum atomic E-state index is -0.499. The van der Waals surface area contributed by atoms with Crippen LogP contribution < -0.4 is 9.47 Å². The Hall–Kier alpha value is -2.15. The van der Waals surface area contributed by atoms with Crippen LogP contribution in [0.3, 0.4) is 0 Å². The van der Waals surface area contributed by atoms with Crippen LogP contribution >= 0.6 is 11.3 Å². The fourth-order valence-corrected chi connectivity index (χ4v) is 4.78. The van der Waals surface area contributed by atoms with Crippen LogP contribution in [-0.2, 0) is 0 Å². The van der Waals surface area contributed by atoms with Crippen molar-refractivity contribution in [1.82, 2.24) is 9.88 Å². The first kappa shape index (κ1) is 19.2. The van der Waals surface area contributed by atoms with Crippen LogP contribution in [0.4, 0.5) is 0 Å². The molecule has 2 aromatic carbocycles. The second kappa shape index (κ2) is 8.90. The maximum atomic E-state index is 10.3. The summed E-state index contributed by atoms with van der Waals surface area (Å²) in [4.78, 5) is 7.14. The van der Waals surface area contributed by atoms with Gasteiger partial charge in [-0.2, -0.15) is 0 Å². The number of aliphatic hydroxyl groups is 1. The molecule has 1 aliphatic heterocycles. The third-order valence-corrected chi connectivity index (χ3v) is 6.42. The van der Waals surface area contributed by atoms with Gasteiger partial charge in [0.1, 0.15) is 24.2 Å². The van der Waals surface area contributed by atoms with Gasteiger partial charge >= 0.3 is 0 Å². The molecule has 0 aliphatic carbocycles. The first-order valence-electron chi connectivity index (χ1n) is 9.74. The Bertz CT molecular complexity index is 855. The number of rotatable bonds is 7. The molecule has 148 valence electrons. The Morgan fingerprint density at radius 2 is 1.82 bits per heavy atom. The summed E-state index contributed by atoms with van der Waals surface area (Å²) < 4.78 is 12.1. The van der Waals surface area contributed by atoms with E-state index in [1.165, 1.54) is 9.71 Å². The molecule has 1 fully saturated rings. The van der Waals surface area contributed by atoms with Crippen LogP contribution in [0.5, 0.6) is 11.5 Å². The molecule has 6 heteroatoms. The molecule has 1 N–H and O–H groups in total. The van der Waals surface area contributed by atoms with E-state index in [2.05, 4.69) is 23.1 Å². The van der Waals surface area contributed by atoms with Crippen LogP contribution in [0.1, 0.15) is 23.8 Å². The monoisotopic (exact) mass is 398 g/mol. The summed E-state index contributed by atoms with van der Waals surface area (Å²) in [7, 11) is 1.64. The van der Waals surface area contributed by atoms with Gasteiger partial charge < -0.3 is 19.5 Å². The molecule has 0 radical (unpaired) electrons. The van der Waals surface area contributed by atoms with Crippen LogP contribution in [0.2, 0.25) is 0 Å². The number of aromatic nitrogens is 1. The predicted molar refractivity (Wildman–Crippen MR) is 113 cm³/mol. The average molecular weight is 399 g/mol. The van der Waals surface area contributed by atoms with E-state index in [0.29, 0.717) is 19.1 Å². The third-order valence-electron chi connectivity index (χ3n) is 5.22. The van der Waals surface area contributed by atoms with Crippen molar-refractivity contribution in [2.45, 2.75) is 24.9 Å². The number of methoxy groups -OCH3 is 1. The molecule has 0 bridgehead atoms. The number of benzene rings is 2. The van der Waals surface area contributed by atoms with Gasteiger partial charge in [0, 0.05) is 12.5 Å². The zero-order chi connectivity index (χ0) is 19.3. The predicted octanol–water partition coefficient (Wildman–Crippen LogP) is 3.92. The third kappa shape index (κ3) is 4.63. The largest absolute Gasteiger partial charge is 0.497 e. The molecular formula is C22H26N2O3S. The van der Waals surface area contributed by atoms with E-state index >= 15 is 0 Å². The lowest BCUT2D eigenvalue weighted by atomic mass is 9.97. The lowest BCUT2D eigenvalue weighted by molar-refractivity contribution is 0.0594. The topological polar surface area (TPSA) is 54.8 Å². The summed E-state index contributed by atoms with van der Waals surface area (Å²) in [6.45, 7) is 2.91. The maximum Gasteiger partial charge on any atom is 0.119 e. The van der Waals surface area contributed by atoms with Gasteiger partial charge in [-0.25, -0.2) is 4.98 Å². The second-order valence-electron chi connectivity index (χ2n) is 7.24. The van der Waals surface area contributed by atoms with E-state index in [1.54, 1.807) is 7.11 Å². The molecule has 3 aromatic rings. The molecule has 1 aromatic heterocycles. The molecule has 0 amide bonds. The number of nitrogens with zero attached hydrogens (tertiary/aromatic N) is 2. The summed E-state index contributed by atoms with van der Waals surface area (Å²) >= 11 is 1.82. The summed E-state index contributed by atoms with van der Waals surface area (Å²) in [5.41, 5.74) is 1.11. The number of hydrogen-bond acceptors (Lipinski definition) is 6. The minimum Gasteiger partial charge on any atom is -0.497 e. The van der Waals surface area contributed by atoms with E-state index in [1.807, 2.05) is 41.7 Å². The van der Waals surface area contributed by atoms with Crippen molar-refractivity contribution in [2.24, 2.45) is 0 Å². The molecule has 1 atom stereocenters. The number of fused-ring (bicyclic) bond motifs is 1. The maximum absolute atomic E-state index is 10.3. The van der Waals surface area contributed by atoms with Gasteiger partial charge in [-0.3, -0.25) is 0 Å². The van der Waals surface area contributed by atoms with Gasteiger partial charge in [-0.05, 0) is 62.3 Å². The molecule has 2 heterocycles. The highest BCUT2D eigenvalue weighted by atomic mass is 32.1. The van der Waals surface area contributed by atoms with E-state index in [9.17, 15) is 5.11 Å². The number of thiazole rings is 1. The lowest BCUT2D eigenvalue weighted by Crippen LogP contribution is -2.40. The van der Waals surface area contributed by atoms with E-state index in [-0.39, 0.29) is 0 Å². The summed E-state index contributed by atoms with van der Waals surface area (Å²) in [5.74, 6) is 2.07. The standard InChI is InChI=1S/C22H26N2O3S/c1-26-18-6-8-19(9-7-18)27-15-17(25)14-24-12-10-16(11-13-24)22-23-20-4-2-3-5-21(20)28-22/h2-9,16-17,25H,10-15H2,1H3. The van der Waals surface area contributed by atoms with Gasteiger partial charge in [0.25, 0.3) is 0 Å². The van der Waals surface area contributed by atoms with Gasteiger partial charge in [0.2, 0.25) is 0 Å². The molecule has 28 heavy (non-hydrogen) atoms. The van der Waals surface area contributed by atoms with E-state index < -0.39 is 6.10 Å². The normalized spacial score (nSPS) is 16.9. The smallest absolute Gasteiger partial charge is 0.119 e. The zero-order valence-corrected chi connectivity index (χ0v) is 16.9. The number of piperidine rings is 1. The van der Waals surface area contributed by atoms with Crippen molar-refractivity contribution in [3.8, 4) is 11.5 Å². The highest BCUT2D eigenvalue weighted by Crippen LogP contribution is 2.33. The number of β-amino-alcohol motifs (C(OH)–C–C–N with tert-alkyl or cyclic N) is 1. The SMILES string of the molecule is COc1ccc(OCC(O)CN2CCC(c3nc4ccccc4s3)CC2)cc1.